The molecule has 0 spiro atoms. The van der Waals surface area contributed by atoms with Crippen LogP contribution < -0.4 is 0 Å². The molecule has 3 atom stereocenters. The van der Waals surface area contributed by atoms with Crippen LogP contribution in [-0.2, 0) is 20.9 Å². The molecule has 0 fully saturated rings. The van der Waals surface area contributed by atoms with Crippen LogP contribution in [0.1, 0.15) is 30.7 Å². The molecule has 34 heavy (non-hydrogen) atoms. The van der Waals surface area contributed by atoms with Gasteiger partial charge in [0.1, 0.15) is 5.82 Å². The molecule has 3 N–H and O–H groups in total. The van der Waals surface area contributed by atoms with Crippen molar-refractivity contribution in [2.45, 2.75) is 38.5 Å². The van der Waals surface area contributed by atoms with Gasteiger partial charge in [-0.05, 0) is 54.9 Å². The first kappa shape index (κ1) is 25.5. The van der Waals surface area contributed by atoms with Gasteiger partial charge in [-0.2, -0.15) is 0 Å². The molecule has 3 aromatic rings. The number of pyridine rings is 1. The van der Waals surface area contributed by atoms with Crippen molar-refractivity contribution in [2.24, 2.45) is 0 Å². The lowest BCUT2D eigenvalue weighted by Gasteiger charge is -2.38. The third-order valence-electron chi connectivity index (χ3n) is 6.10. The van der Waals surface area contributed by atoms with Crippen LogP contribution >= 0.6 is 7.37 Å². The minimum atomic E-state index is -4.75. The molecule has 6 nitrogen and oxygen atoms in total. The van der Waals surface area contributed by atoms with Crippen LogP contribution in [0.2, 0.25) is 0 Å². The van der Waals surface area contributed by atoms with Gasteiger partial charge in [0.2, 0.25) is 7.37 Å². The van der Waals surface area contributed by atoms with Gasteiger partial charge in [0.05, 0.1) is 11.8 Å². The zero-order valence-corrected chi connectivity index (χ0v) is 20.1. The fourth-order valence-corrected chi connectivity index (χ4v) is 6.11. The molecule has 1 aromatic heterocycles. The van der Waals surface area contributed by atoms with E-state index in [1.807, 2.05) is 30.3 Å². The molecule has 0 amide bonds. The number of benzene rings is 2. The number of hydrogen-bond donors (Lipinski definition) is 3. The summed E-state index contributed by atoms with van der Waals surface area (Å²) in [6, 6.07) is 14.6. The molecule has 2 aromatic carbocycles. The molecule has 3 unspecified atom stereocenters. The van der Waals surface area contributed by atoms with E-state index in [-0.39, 0.29) is 17.7 Å². The zero-order chi connectivity index (χ0) is 25.3. The number of aromatic nitrogens is 1. The lowest BCUT2D eigenvalue weighted by molar-refractivity contribution is -0.143. The smallest absolute Gasteiger partial charge is 0.327 e. The minimum Gasteiger partial charge on any atom is -0.480 e. The molecular formula is C26H27FNO5P. The Morgan fingerprint density at radius 2 is 1.76 bits per heavy atom. The van der Waals surface area contributed by atoms with E-state index in [0.29, 0.717) is 28.2 Å². The second-order valence-electron chi connectivity index (χ2n) is 8.06. The quantitative estimate of drug-likeness (QED) is 0.365. The topological polar surface area (TPSA) is 108 Å². The first-order valence-corrected chi connectivity index (χ1v) is 12.5. The first-order valence-electron chi connectivity index (χ1n) is 10.8. The van der Waals surface area contributed by atoms with E-state index < -0.39 is 30.4 Å². The number of carboxylic acid groups (broad SMARTS) is 1. The molecule has 8 heteroatoms. The summed E-state index contributed by atoms with van der Waals surface area (Å²) in [4.78, 5) is 28.5. The first-order chi connectivity index (χ1) is 16.0. The van der Waals surface area contributed by atoms with Crippen LogP contribution in [0.25, 0.3) is 22.4 Å². The van der Waals surface area contributed by atoms with Gasteiger partial charge in [-0.15, -0.1) is 0 Å². The minimum absolute atomic E-state index is 0.0768. The molecule has 0 aliphatic carbocycles. The highest BCUT2D eigenvalue weighted by atomic mass is 31.2. The molecular weight excluding hydrogens is 456 g/mol. The van der Waals surface area contributed by atoms with E-state index in [2.05, 4.69) is 6.58 Å². The third-order valence-corrected chi connectivity index (χ3v) is 8.39. The van der Waals surface area contributed by atoms with Crippen LogP contribution in [0.4, 0.5) is 4.39 Å². The number of carbonyl (C=O) groups is 1. The number of rotatable bonds is 8. The molecule has 0 saturated carbocycles. The van der Waals surface area contributed by atoms with Gasteiger partial charge in [0.25, 0.3) is 0 Å². The van der Waals surface area contributed by atoms with Crippen LogP contribution in [0.3, 0.4) is 0 Å². The van der Waals surface area contributed by atoms with Crippen molar-refractivity contribution in [1.82, 2.24) is 4.98 Å². The Bertz CT molecular complexity index is 1270. The predicted molar refractivity (Wildman–Crippen MR) is 130 cm³/mol. The van der Waals surface area contributed by atoms with Gasteiger partial charge in [0.15, 0.2) is 5.16 Å². The molecule has 0 bridgehead atoms. The van der Waals surface area contributed by atoms with Crippen LogP contribution in [0, 0.1) is 12.7 Å². The van der Waals surface area contributed by atoms with E-state index in [0.717, 1.165) is 12.5 Å². The SMILES string of the molecule is C=CP(=O)(O)C(C(=O)O)(c1c(CC)nc(-c2ccccc2)c(C)c1-c1ccc(F)cc1)C(C)O. The average Bonchev–Trinajstić information content (AvgIpc) is 2.80. The number of aliphatic hydroxyl groups is 1. The van der Waals surface area contributed by atoms with E-state index >= 15 is 0 Å². The molecule has 0 saturated heterocycles. The van der Waals surface area contributed by atoms with Gasteiger partial charge in [-0.25, -0.2) is 4.39 Å². The maximum atomic E-state index is 13.8. The maximum absolute atomic E-state index is 13.8. The standard InChI is InChI=1S/C26H27FNO5P/c1-5-21-23(26(17(4)29,25(30)31)34(32,33)6-2)22(18-12-14-20(27)15-13-18)16(3)24(28-21)19-10-8-7-9-11-19/h6-15,17,29H,2,5H2,1,3-4H3,(H,30,31)(H,32,33). The van der Waals surface area contributed by atoms with E-state index in [4.69, 9.17) is 4.98 Å². The number of aliphatic carboxylic acids is 1. The summed E-state index contributed by atoms with van der Waals surface area (Å²) in [5.41, 5.74) is 2.74. The highest BCUT2D eigenvalue weighted by Gasteiger charge is 2.60. The van der Waals surface area contributed by atoms with Crippen molar-refractivity contribution in [2.75, 3.05) is 0 Å². The lowest BCUT2D eigenvalue weighted by Crippen LogP contribution is -2.46. The summed E-state index contributed by atoms with van der Waals surface area (Å²) in [5.74, 6) is -1.49. The zero-order valence-electron chi connectivity index (χ0n) is 19.2. The van der Waals surface area contributed by atoms with Crippen molar-refractivity contribution in [1.29, 1.82) is 0 Å². The predicted octanol–water partition coefficient (Wildman–Crippen LogP) is 5.50. The van der Waals surface area contributed by atoms with Gasteiger partial charge in [-0.3, -0.25) is 14.3 Å². The van der Waals surface area contributed by atoms with E-state index in [1.165, 1.54) is 24.3 Å². The fraction of sp³-hybridized carbons (Fsp3) is 0.231. The van der Waals surface area contributed by atoms with Gasteiger partial charge < -0.3 is 15.1 Å². The molecule has 0 aliphatic rings. The van der Waals surface area contributed by atoms with Gasteiger partial charge in [0, 0.05) is 16.8 Å². The molecule has 0 radical (unpaired) electrons. The number of hydrogen-bond acceptors (Lipinski definition) is 4. The van der Waals surface area contributed by atoms with Gasteiger partial charge in [-0.1, -0.05) is 56.0 Å². The van der Waals surface area contributed by atoms with Crippen molar-refractivity contribution >= 4 is 13.3 Å². The van der Waals surface area contributed by atoms with E-state index in [9.17, 15) is 28.9 Å². The number of carboxylic acids is 1. The Kier molecular flexibility index (Phi) is 7.22. The third kappa shape index (κ3) is 4.00. The Morgan fingerprint density at radius 3 is 2.24 bits per heavy atom. The molecule has 1 heterocycles. The summed E-state index contributed by atoms with van der Waals surface area (Å²) in [5, 5.41) is 18.6. The second-order valence-corrected chi connectivity index (χ2v) is 10.4. The Hall–Kier alpha value is -3.12. The number of aryl methyl sites for hydroxylation is 1. The molecule has 178 valence electrons. The summed E-state index contributed by atoms with van der Waals surface area (Å²) in [6.07, 6.45) is -1.57. The number of nitrogens with zero attached hydrogens (tertiary/aromatic N) is 1. The maximum Gasteiger partial charge on any atom is 0.327 e. The Balaban J connectivity index is 2.63. The summed E-state index contributed by atoms with van der Waals surface area (Å²) in [6.45, 7) is 8.02. The van der Waals surface area contributed by atoms with Gasteiger partial charge >= 0.3 is 5.97 Å². The van der Waals surface area contributed by atoms with Crippen LogP contribution in [0.15, 0.2) is 67.0 Å². The Labute approximate surface area is 197 Å². The summed E-state index contributed by atoms with van der Waals surface area (Å²) >= 11 is 0. The average molecular weight is 483 g/mol. The fourth-order valence-electron chi connectivity index (χ4n) is 4.45. The van der Waals surface area contributed by atoms with Crippen molar-refractivity contribution in [3.05, 3.63) is 89.6 Å². The second kappa shape index (κ2) is 9.63. The summed E-state index contributed by atoms with van der Waals surface area (Å²) in [7, 11) is -4.75. The largest absolute Gasteiger partial charge is 0.480 e. The highest BCUT2D eigenvalue weighted by molar-refractivity contribution is 7.63. The van der Waals surface area contributed by atoms with Crippen molar-refractivity contribution in [3.63, 3.8) is 0 Å². The number of halogens is 1. The lowest BCUT2D eigenvalue weighted by atomic mass is 9.81. The molecule has 3 rings (SSSR count). The highest BCUT2D eigenvalue weighted by Crippen LogP contribution is 2.65. The monoisotopic (exact) mass is 483 g/mol. The van der Waals surface area contributed by atoms with Crippen LogP contribution in [0.5, 0.6) is 0 Å². The summed E-state index contributed by atoms with van der Waals surface area (Å²) < 4.78 is 27.3. The Morgan fingerprint density at radius 1 is 1.18 bits per heavy atom. The number of aliphatic hydroxyl groups excluding tert-OH is 1. The van der Waals surface area contributed by atoms with Crippen LogP contribution in [-0.4, -0.2) is 32.2 Å². The normalized spacial score (nSPS) is 15.7. The molecule has 0 aliphatic heterocycles. The van der Waals surface area contributed by atoms with E-state index in [1.54, 1.807) is 13.8 Å². The van der Waals surface area contributed by atoms with Crippen molar-refractivity contribution in [3.8, 4) is 22.4 Å². The van der Waals surface area contributed by atoms with Crippen molar-refractivity contribution < 1.29 is 28.9 Å².